The highest BCUT2D eigenvalue weighted by Gasteiger charge is 2.12. The van der Waals surface area contributed by atoms with Gasteiger partial charge in [0, 0.05) is 0 Å². The van der Waals surface area contributed by atoms with E-state index in [-0.39, 0.29) is 0 Å². The Labute approximate surface area is 127 Å². The third-order valence-electron chi connectivity index (χ3n) is 2.32. The number of nitrogens with zero attached hydrogens (tertiary/aromatic N) is 4. The second-order valence-electron chi connectivity index (χ2n) is 3.69. The molecule has 2 aromatic heterocycles. The molecule has 0 atom stereocenters. The maximum atomic E-state index is 6.08. The van der Waals surface area contributed by atoms with Gasteiger partial charge in [0.15, 0.2) is 10.2 Å². The van der Waals surface area contributed by atoms with E-state index in [1.54, 1.807) is 6.07 Å². The Balaban J connectivity index is 1.72. The molecule has 0 saturated heterocycles. The predicted molar refractivity (Wildman–Crippen MR) is 78.6 cm³/mol. The van der Waals surface area contributed by atoms with Crippen LogP contribution in [0, 0.1) is 0 Å². The van der Waals surface area contributed by atoms with E-state index in [4.69, 9.17) is 21.9 Å². The SMILES string of the molecule is Nc1nnc(SCc2noc(-c3ccccc3Cl)n2)s1. The van der Waals surface area contributed by atoms with Crippen molar-refractivity contribution in [2.45, 2.75) is 10.1 Å². The Morgan fingerprint density at radius 1 is 1.30 bits per heavy atom. The van der Waals surface area contributed by atoms with Gasteiger partial charge < -0.3 is 10.3 Å². The highest BCUT2D eigenvalue weighted by Crippen LogP contribution is 2.29. The first kappa shape index (κ1) is 13.3. The number of halogens is 1. The van der Waals surface area contributed by atoms with E-state index >= 15 is 0 Å². The molecule has 2 N–H and O–H groups in total. The summed E-state index contributed by atoms with van der Waals surface area (Å²) < 4.78 is 5.98. The predicted octanol–water partition coefficient (Wildman–Crippen LogP) is 3.12. The van der Waals surface area contributed by atoms with Crippen LogP contribution in [0.4, 0.5) is 5.13 Å². The minimum atomic E-state index is 0.406. The Morgan fingerprint density at radius 2 is 2.15 bits per heavy atom. The van der Waals surface area contributed by atoms with Gasteiger partial charge in [-0.3, -0.25) is 0 Å². The summed E-state index contributed by atoms with van der Waals surface area (Å²) in [4.78, 5) is 4.31. The summed E-state index contributed by atoms with van der Waals surface area (Å²) in [6, 6.07) is 7.32. The standard InChI is InChI=1S/C11H8ClN5OS2/c12-7-4-2-1-3-6(7)9-14-8(17-18-9)5-19-11-16-15-10(13)20-11/h1-4H,5H2,(H2,13,15). The summed E-state index contributed by atoms with van der Waals surface area (Å²) in [5.41, 5.74) is 6.23. The molecule has 3 aromatic rings. The minimum absolute atomic E-state index is 0.406. The number of benzene rings is 1. The fourth-order valence-electron chi connectivity index (χ4n) is 1.46. The lowest BCUT2D eigenvalue weighted by molar-refractivity contribution is 0.425. The number of nitrogens with two attached hydrogens (primary N) is 1. The van der Waals surface area contributed by atoms with Gasteiger partial charge in [-0.25, -0.2) is 0 Å². The first-order valence-corrected chi connectivity index (χ1v) is 7.69. The molecule has 6 nitrogen and oxygen atoms in total. The molecule has 0 aliphatic heterocycles. The lowest BCUT2D eigenvalue weighted by Gasteiger charge is -1.95. The van der Waals surface area contributed by atoms with Gasteiger partial charge in [0.25, 0.3) is 5.89 Å². The molecule has 20 heavy (non-hydrogen) atoms. The van der Waals surface area contributed by atoms with E-state index in [1.165, 1.54) is 23.1 Å². The number of rotatable bonds is 4. The van der Waals surface area contributed by atoms with Crippen molar-refractivity contribution in [3.63, 3.8) is 0 Å². The average Bonchev–Trinajstić information content (AvgIpc) is 3.06. The molecule has 1 aromatic carbocycles. The third-order valence-corrected chi connectivity index (χ3v) is 4.53. The number of thioether (sulfide) groups is 1. The molecule has 0 spiro atoms. The Hall–Kier alpha value is -1.64. The van der Waals surface area contributed by atoms with Crippen molar-refractivity contribution < 1.29 is 4.52 Å². The molecule has 0 saturated carbocycles. The van der Waals surface area contributed by atoms with Gasteiger partial charge in [0.1, 0.15) is 0 Å². The molecule has 0 unspecified atom stereocenters. The maximum absolute atomic E-state index is 6.08. The van der Waals surface area contributed by atoms with Crippen LogP contribution in [-0.4, -0.2) is 20.3 Å². The summed E-state index contributed by atoms with van der Waals surface area (Å²) in [7, 11) is 0. The number of aromatic nitrogens is 4. The van der Waals surface area contributed by atoms with Gasteiger partial charge in [-0.15, -0.1) is 10.2 Å². The Bertz CT molecular complexity index is 729. The quantitative estimate of drug-likeness (QED) is 0.737. The fraction of sp³-hybridized carbons (Fsp3) is 0.0909. The highest BCUT2D eigenvalue weighted by molar-refractivity contribution is 8.00. The molecule has 0 bridgehead atoms. The molecule has 0 radical (unpaired) electrons. The topological polar surface area (TPSA) is 90.7 Å². The van der Waals surface area contributed by atoms with Crippen LogP contribution in [0.5, 0.6) is 0 Å². The lowest BCUT2D eigenvalue weighted by Crippen LogP contribution is -1.84. The highest BCUT2D eigenvalue weighted by atomic mass is 35.5. The molecule has 0 aliphatic carbocycles. The molecule has 0 aliphatic rings. The van der Waals surface area contributed by atoms with Gasteiger partial charge in [-0.05, 0) is 12.1 Å². The average molecular weight is 326 g/mol. The summed E-state index contributed by atoms with van der Waals surface area (Å²) in [6.07, 6.45) is 0. The van der Waals surface area contributed by atoms with E-state index in [0.717, 1.165) is 9.90 Å². The largest absolute Gasteiger partial charge is 0.374 e. The van der Waals surface area contributed by atoms with Crippen molar-refractivity contribution in [2.24, 2.45) is 0 Å². The summed E-state index contributed by atoms with van der Waals surface area (Å²) in [5.74, 6) is 1.50. The second-order valence-corrected chi connectivity index (χ2v) is 6.33. The van der Waals surface area contributed by atoms with Crippen LogP contribution < -0.4 is 5.73 Å². The summed E-state index contributed by atoms with van der Waals surface area (Å²) >= 11 is 8.86. The molecule has 102 valence electrons. The van der Waals surface area contributed by atoms with Gasteiger partial charge in [0.2, 0.25) is 5.13 Å². The van der Waals surface area contributed by atoms with E-state index in [1.807, 2.05) is 18.2 Å². The molecule has 0 fully saturated rings. The normalized spacial score (nSPS) is 10.8. The molecular formula is C11H8ClN5OS2. The molecule has 9 heteroatoms. The van der Waals surface area contributed by atoms with Crippen molar-refractivity contribution in [3.8, 4) is 11.5 Å². The fourth-order valence-corrected chi connectivity index (χ4v) is 3.16. The van der Waals surface area contributed by atoms with Gasteiger partial charge >= 0.3 is 0 Å². The van der Waals surface area contributed by atoms with E-state index < -0.39 is 0 Å². The number of hydrogen-bond donors (Lipinski definition) is 1. The van der Waals surface area contributed by atoms with Crippen molar-refractivity contribution in [3.05, 3.63) is 35.1 Å². The maximum Gasteiger partial charge on any atom is 0.259 e. The van der Waals surface area contributed by atoms with Crippen LogP contribution in [0.25, 0.3) is 11.5 Å². The number of anilines is 1. The molecule has 3 rings (SSSR count). The van der Waals surface area contributed by atoms with Crippen LogP contribution in [0.15, 0.2) is 33.1 Å². The minimum Gasteiger partial charge on any atom is -0.374 e. The van der Waals surface area contributed by atoms with Crippen molar-refractivity contribution in [2.75, 3.05) is 5.73 Å². The van der Waals surface area contributed by atoms with Gasteiger partial charge in [-0.1, -0.05) is 52.0 Å². The van der Waals surface area contributed by atoms with Crippen LogP contribution in [0.1, 0.15) is 5.82 Å². The molecule has 2 heterocycles. The number of hydrogen-bond acceptors (Lipinski definition) is 8. The lowest BCUT2D eigenvalue weighted by atomic mass is 10.2. The first-order valence-electron chi connectivity index (χ1n) is 5.51. The molecule has 0 amide bonds. The zero-order valence-corrected chi connectivity index (χ0v) is 12.4. The first-order chi connectivity index (χ1) is 9.72. The van der Waals surface area contributed by atoms with E-state index in [2.05, 4.69) is 20.3 Å². The zero-order valence-electron chi connectivity index (χ0n) is 9.99. The van der Waals surface area contributed by atoms with Crippen LogP contribution in [0.3, 0.4) is 0 Å². The Kier molecular flexibility index (Phi) is 3.86. The second kappa shape index (κ2) is 5.78. The Morgan fingerprint density at radius 3 is 2.90 bits per heavy atom. The summed E-state index contributed by atoms with van der Waals surface area (Å²) in [5, 5.41) is 12.6. The van der Waals surface area contributed by atoms with Crippen LogP contribution in [-0.2, 0) is 5.75 Å². The number of nitrogen functional groups attached to an aromatic ring is 1. The third kappa shape index (κ3) is 2.92. The van der Waals surface area contributed by atoms with Crippen LogP contribution in [0.2, 0.25) is 5.02 Å². The smallest absolute Gasteiger partial charge is 0.259 e. The summed E-state index contributed by atoms with van der Waals surface area (Å²) in [6.45, 7) is 0. The molecular weight excluding hydrogens is 318 g/mol. The van der Waals surface area contributed by atoms with Crippen molar-refractivity contribution in [1.82, 2.24) is 20.3 Å². The zero-order chi connectivity index (χ0) is 13.9. The van der Waals surface area contributed by atoms with Gasteiger partial charge in [0.05, 0.1) is 16.3 Å². The van der Waals surface area contributed by atoms with Crippen LogP contribution >= 0.6 is 34.7 Å². The van der Waals surface area contributed by atoms with Crippen molar-refractivity contribution >= 4 is 39.8 Å². The van der Waals surface area contributed by atoms with E-state index in [9.17, 15) is 0 Å². The monoisotopic (exact) mass is 325 g/mol. The van der Waals surface area contributed by atoms with Gasteiger partial charge in [-0.2, -0.15) is 4.98 Å². The van der Waals surface area contributed by atoms with Crippen molar-refractivity contribution in [1.29, 1.82) is 0 Å². The van der Waals surface area contributed by atoms with E-state index in [0.29, 0.717) is 27.6 Å².